The van der Waals surface area contributed by atoms with Crippen LogP contribution in [0.1, 0.15) is 6.92 Å². The molecule has 0 N–H and O–H groups in total. The molecule has 1 heterocycles. The zero-order chi connectivity index (χ0) is 17.3. The molecule has 0 amide bonds. The number of methoxy groups -OCH3 is 1. The van der Waals surface area contributed by atoms with Crippen LogP contribution in [0.3, 0.4) is 0 Å². The molecule has 3 aromatic rings. The van der Waals surface area contributed by atoms with Gasteiger partial charge in [-0.05, 0) is 49.4 Å². The lowest BCUT2D eigenvalue weighted by atomic mass is 10.3. The summed E-state index contributed by atoms with van der Waals surface area (Å²) in [5.41, 5.74) is 0.757. The zero-order valence-electron chi connectivity index (χ0n) is 13.1. The van der Waals surface area contributed by atoms with Gasteiger partial charge in [0.15, 0.2) is 0 Å². The fourth-order valence-electron chi connectivity index (χ4n) is 2.33. The maximum absolute atomic E-state index is 13.4. The minimum absolute atomic E-state index is 0.0783. The number of fused-ring (bicyclic) bond motifs is 1. The number of thiazole rings is 1. The van der Waals surface area contributed by atoms with Gasteiger partial charge in [0.2, 0.25) is 4.80 Å². The predicted octanol–water partition coefficient (Wildman–Crippen LogP) is 3.16. The first kappa shape index (κ1) is 16.7. The van der Waals surface area contributed by atoms with Crippen LogP contribution >= 0.6 is 11.3 Å². The normalized spacial score (nSPS) is 12.7. The highest BCUT2D eigenvalue weighted by atomic mass is 32.2. The summed E-state index contributed by atoms with van der Waals surface area (Å²) in [6, 6.07) is 10.4. The molecule has 0 aliphatic rings. The molecule has 0 saturated heterocycles. The second-order valence-electron chi connectivity index (χ2n) is 4.98. The van der Waals surface area contributed by atoms with Crippen molar-refractivity contribution in [3.8, 4) is 5.75 Å². The predicted molar refractivity (Wildman–Crippen MR) is 91.2 cm³/mol. The Morgan fingerprint density at radius 2 is 1.92 bits per heavy atom. The lowest BCUT2D eigenvalue weighted by Gasteiger charge is -2.02. The molecule has 0 aliphatic carbocycles. The van der Waals surface area contributed by atoms with E-state index in [4.69, 9.17) is 4.74 Å². The van der Waals surface area contributed by atoms with Crippen molar-refractivity contribution in [2.75, 3.05) is 7.11 Å². The number of benzene rings is 2. The van der Waals surface area contributed by atoms with Crippen molar-refractivity contribution >= 4 is 31.6 Å². The molecule has 0 bridgehead atoms. The molecule has 0 fully saturated rings. The number of hydrogen-bond donors (Lipinski definition) is 0. The lowest BCUT2D eigenvalue weighted by Crippen LogP contribution is -2.16. The van der Waals surface area contributed by atoms with Crippen molar-refractivity contribution in [1.82, 2.24) is 4.57 Å². The second-order valence-corrected chi connectivity index (χ2v) is 7.60. The summed E-state index contributed by atoms with van der Waals surface area (Å²) < 4.78 is 49.8. The average molecular weight is 366 g/mol. The largest absolute Gasteiger partial charge is 0.497 e. The van der Waals surface area contributed by atoms with Crippen molar-refractivity contribution in [2.45, 2.75) is 18.4 Å². The van der Waals surface area contributed by atoms with Gasteiger partial charge in [0.05, 0.1) is 22.2 Å². The molecule has 0 aliphatic heterocycles. The summed E-state index contributed by atoms with van der Waals surface area (Å²) in [5.74, 6) is 0.200. The third-order valence-electron chi connectivity index (χ3n) is 3.52. The molecule has 0 atom stereocenters. The van der Waals surface area contributed by atoms with E-state index in [-0.39, 0.29) is 10.7 Å². The zero-order valence-corrected chi connectivity index (χ0v) is 14.7. The summed E-state index contributed by atoms with van der Waals surface area (Å²) >= 11 is 1.14. The topological polar surface area (TPSA) is 60.7 Å². The first-order chi connectivity index (χ1) is 11.4. The van der Waals surface area contributed by atoms with E-state index in [1.165, 1.54) is 31.4 Å². The van der Waals surface area contributed by atoms with E-state index in [1.54, 1.807) is 22.8 Å². The molecule has 1 aromatic heterocycles. The highest BCUT2D eigenvalue weighted by Gasteiger charge is 2.15. The van der Waals surface area contributed by atoms with Gasteiger partial charge < -0.3 is 9.30 Å². The Balaban J connectivity index is 2.17. The highest BCUT2D eigenvalue weighted by molar-refractivity contribution is 7.90. The Hall–Kier alpha value is -2.19. The number of halogens is 1. The minimum Gasteiger partial charge on any atom is -0.497 e. The lowest BCUT2D eigenvalue weighted by molar-refractivity contribution is 0.414. The Labute approximate surface area is 142 Å². The summed E-state index contributed by atoms with van der Waals surface area (Å²) in [6.07, 6.45) is 0. The monoisotopic (exact) mass is 366 g/mol. The second kappa shape index (κ2) is 6.37. The number of hydrogen-bond acceptors (Lipinski definition) is 4. The van der Waals surface area contributed by atoms with Crippen molar-refractivity contribution < 1.29 is 17.5 Å². The van der Waals surface area contributed by atoms with Gasteiger partial charge in [-0.15, -0.1) is 4.40 Å². The van der Waals surface area contributed by atoms with Crippen LogP contribution in [0.2, 0.25) is 0 Å². The van der Waals surface area contributed by atoms with Gasteiger partial charge in [0, 0.05) is 6.54 Å². The van der Waals surface area contributed by atoms with Gasteiger partial charge in [-0.25, -0.2) is 4.39 Å². The number of aryl methyl sites for hydroxylation is 1. The maximum Gasteiger partial charge on any atom is 0.285 e. The maximum atomic E-state index is 13.4. The molecule has 5 nitrogen and oxygen atoms in total. The SMILES string of the molecule is CCn1c(=NS(=O)(=O)c2ccc(OC)cc2)sc2cc(F)ccc21. The highest BCUT2D eigenvalue weighted by Crippen LogP contribution is 2.20. The third kappa shape index (κ3) is 3.07. The van der Waals surface area contributed by atoms with Crippen LogP contribution in [0.4, 0.5) is 4.39 Å². The van der Waals surface area contributed by atoms with E-state index in [1.807, 2.05) is 6.92 Å². The molecule has 126 valence electrons. The van der Waals surface area contributed by atoms with Gasteiger partial charge in [-0.1, -0.05) is 11.3 Å². The third-order valence-corrected chi connectivity index (χ3v) is 5.95. The molecule has 0 unspecified atom stereocenters. The Bertz CT molecular complexity index is 1050. The fourth-order valence-corrected chi connectivity index (χ4v) is 4.65. The van der Waals surface area contributed by atoms with E-state index in [2.05, 4.69) is 4.40 Å². The van der Waals surface area contributed by atoms with Crippen LogP contribution in [-0.2, 0) is 16.6 Å². The van der Waals surface area contributed by atoms with Crippen molar-refractivity contribution in [1.29, 1.82) is 0 Å². The summed E-state index contributed by atoms with van der Waals surface area (Å²) in [5, 5.41) is 0. The number of sulfonamides is 1. The van der Waals surface area contributed by atoms with Crippen LogP contribution in [0, 0.1) is 5.82 Å². The standard InChI is InChI=1S/C16H15FN2O3S2/c1-3-19-14-9-4-11(17)10-15(14)23-16(19)18-24(20,21)13-7-5-12(22-2)6-8-13/h4-10H,3H2,1-2H3. The molecule has 0 saturated carbocycles. The number of rotatable bonds is 4. The smallest absolute Gasteiger partial charge is 0.285 e. The number of aromatic nitrogens is 1. The van der Waals surface area contributed by atoms with Gasteiger partial charge >= 0.3 is 0 Å². The van der Waals surface area contributed by atoms with Crippen LogP contribution in [-0.4, -0.2) is 20.1 Å². The summed E-state index contributed by atoms with van der Waals surface area (Å²) in [6.45, 7) is 2.41. The van der Waals surface area contributed by atoms with Gasteiger partial charge in [0.1, 0.15) is 11.6 Å². The number of nitrogens with zero attached hydrogens (tertiary/aromatic N) is 2. The molecule has 2 aromatic carbocycles. The van der Waals surface area contributed by atoms with E-state index in [9.17, 15) is 12.8 Å². The van der Waals surface area contributed by atoms with E-state index in [0.29, 0.717) is 21.8 Å². The molecule has 0 radical (unpaired) electrons. The van der Waals surface area contributed by atoms with Crippen molar-refractivity contribution in [3.05, 3.63) is 53.1 Å². The van der Waals surface area contributed by atoms with E-state index < -0.39 is 10.0 Å². The first-order valence-electron chi connectivity index (χ1n) is 7.18. The molecule has 3 rings (SSSR count). The molecule has 0 spiro atoms. The van der Waals surface area contributed by atoms with Gasteiger partial charge in [-0.2, -0.15) is 8.42 Å². The molecular formula is C16H15FN2O3S2. The first-order valence-corrected chi connectivity index (χ1v) is 9.44. The quantitative estimate of drug-likeness (QED) is 0.713. The Morgan fingerprint density at radius 1 is 1.21 bits per heavy atom. The Morgan fingerprint density at radius 3 is 2.54 bits per heavy atom. The molecule has 8 heteroatoms. The van der Waals surface area contributed by atoms with Crippen molar-refractivity contribution in [3.63, 3.8) is 0 Å². The van der Waals surface area contributed by atoms with E-state index in [0.717, 1.165) is 16.9 Å². The van der Waals surface area contributed by atoms with Gasteiger partial charge in [-0.3, -0.25) is 0 Å². The minimum atomic E-state index is -3.86. The molecule has 24 heavy (non-hydrogen) atoms. The van der Waals surface area contributed by atoms with Crippen molar-refractivity contribution in [2.24, 2.45) is 4.40 Å². The summed E-state index contributed by atoms with van der Waals surface area (Å²) in [7, 11) is -2.36. The molecular weight excluding hydrogens is 351 g/mol. The van der Waals surface area contributed by atoms with Gasteiger partial charge in [0.25, 0.3) is 10.0 Å². The summed E-state index contributed by atoms with van der Waals surface area (Å²) in [4.78, 5) is 0.392. The van der Waals surface area contributed by atoms with Crippen LogP contribution in [0.25, 0.3) is 10.2 Å². The van der Waals surface area contributed by atoms with E-state index >= 15 is 0 Å². The average Bonchev–Trinajstić information content (AvgIpc) is 2.90. The van der Waals surface area contributed by atoms with Crippen LogP contribution < -0.4 is 9.54 Å². The number of ether oxygens (including phenoxy) is 1. The van der Waals surface area contributed by atoms with Crippen LogP contribution in [0.5, 0.6) is 5.75 Å². The Kier molecular flexibility index (Phi) is 4.42. The fraction of sp³-hybridized carbons (Fsp3) is 0.188. The van der Waals surface area contributed by atoms with Crippen LogP contribution in [0.15, 0.2) is 51.8 Å².